The highest BCUT2D eigenvalue weighted by molar-refractivity contribution is 6.08. The van der Waals surface area contributed by atoms with Crippen molar-refractivity contribution in [2.24, 2.45) is 0 Å². The second-order valence-electron chi connectivity index (χ2n) is 4.98. The molecule has 0 aliphatic rings. The van der Waals surface area contributed by atoms with Gasteiger partial charge in [0.05, 0.1) is 17.4 Å². The molecule has 23 heavy (non-hydrogen) atoms. The summed E-state index contributed by atoms with van der Waals surface area (Å²) in [5.74, 6) is 0.0752. The number of carbonyl (C=O) groups is 1. The molecule has 1 aromatic heterocycles. The summed E-state index contributed by atoms with van der Waals surface area (Å²) in [5, 5.41) is 0. The van der Waals surface area contributed by atoms with Crippen molar-refractivity contribution in [3.05, 3.63) is 102 Å². The number of hydrogen-bond acceptors (Lipinski definition) is 2. The largest absolute Gasteiger partial charge is 0.345 e. The van der Waals surface area contributed by atoms with E-state index in [1.165, 1.54) is 0 Å². The van der Waals surface area contributed by atoms with Crippen LogP contribution in [0.1, 0.15) is 15.9 Å². The zero-order chi connectivity index (χ0) is 15.9. The van der Waals surface area contributed by atoms with Gasteiger partial charge in [0.25, 0.3) is 0 Å². The zero-order valence-electron chi connectivity index (χ0n) is 12.5. The van der Waals surface area contributed by atoms with Crippen molar-refractivity contribution in [3.63, 3.8) is 0 Å². The normalized spacial score (nSPS) is 9.91. The van der Waals surface area contributed by atoms with Crippen molar-refractivity contribution < 1.29 is 4.79 Å². The molecule has 3 aromatic carbocycles. The van der Waals surface area contributed by atoms with E-state index in [0.717, 1.165) is 22.2 Å². The van der Waals surface area contributed by atoms with Crippen LogP contribution in [-0.2, 0) is 0 Å². The fourth-order valence-corrected chi connectivity index (χ4v) is 2.23. The Hall–Kier alpha value is -3.20. The highest BCUT2D eigenvalue weighted by atomic mass is 16.1. The summed E-state index contributed by atoms with van der Waals surface area (Å²) in [6, 6.07) is 26.6. The first-order valence-corrected chi connectivity index (χ1v) is 7.37. The van der Waals surface area contributed by atoms with Gasteiger partial charge in [0.2, 0.25) is 0 Å². The maximum atomic E-state index is 11.8. The summed E-state index contributed by atoms with van der Waals surface area (Å²) in [7, 11) is 0. The average molecular weight is 300 g/mol. The summed E-state index contributed by atoms with van der Waals surface area (Å²) in [4.78, 5) is 18.9. The third-order valence-corrected chi connectivity index (χ3v) is 3.40. The van der Waals surface area contributed by atoms with Gasteiger partial charge in [-0.2, -0.15) is 0 Å². The van der Waals surface area contributed by atoms with E-state index in [1.54, 1.807) is 6.33 Å². The first-order chi connectivity index (χ1) is 11.3. The van der Waals surface area contributed by atoms with E-state index in [0.29, 0.717) is 0 Å². The van der Waals surface area contributed by atoms with Crippen LogP contribution in [0.4, 0.5) is 0 Å². The molecule has 4 aromatic rings. The van der Waals surface area contributed by atoms with E-state index in [9.17, 15) is 4.79 Å². The van der Waals surface area contributed by atoms with Crippen LogP contribution in [0, 0.1) is 0 Å². The molecule has 3 nitrogen and oxygen atoms in total. The highest BCUT2D eigenvalue weighted by Crippen LogP contribution is 2.08. The van der Waals surface area contributed by atoms with Gasteiger partial charge in [-0.1, -0.05) is 72.8 Å². The van der Waals surface area contributed by atoms with Gasteiger partial charge in [-0.05, 0) is 12.1 Å². The lowest BCUT2D eigenvalue weighted by Gasteiger charge is -1.99. The first-order valence-electron chi connectivity index (χ1n) is 7.37. The predicted molar refractivity (Wildman–Crippen MR) is 92.4 cm³/mol. The molecule has 0 atom stereocenters. The average Bonchev–Trinajstić information content (AvgIpc) is 3.12. The summed E-state index contributed by atoms with van der Waals surface area (Å²) in [6.07, 6.45) is 1.70. The van der Waals surface area contributed by atoms with E-state index in [2.05, 4.69) is 9.97 Å². The van der Waals surface area contributed by atoms with Crippen LogP contribution in [0.25, 0.3) is 11.0 Å². The van der Waals surface area contributed by atoms with Gasteiger partial charge in [-0.25, -0.2) is 4.98 Å². The monoisotopic (exact) mass is 300 g/mol. The quantitative estimate of drug-likeness (QED) is 0.555. The van der Waals surface area contributed by atoms with Gasteiger partial charge in [-0.15, -0.1) is 0 Å². The van der Waals surface area contributed by atoms with Crippen LogP contribution in [-0.4, -0.2) is 15.8 Å². The number of rotatable bonds is 2. The Balaban J connectivity index is 0.000000149. The van der Waals surface area contributed by atoms with E-state index in [4.69, 9.17) is 0 Å². The van der Waals surface area contributed by atoms with Gasteiger partial charge < -0.3 is 4.98 Å². The lowest BCUT2D eigenvalue weighted by Crippen LogP contribution is -1.99. The number of carbonyl (C=O) groups excluding carboxylic acids is 1. The number of aromatic nitrogens is 2. The molecule has 4 rings (SSSR count). The minimum atomic E-state index is 0.0752. The van der Waals surface area contributed by atoms with Crippen LogP contribution >= 0.6 is 0 Å². The minimum Gasteiger partial charge on any atom is -0.345 e. The lowest BCUT2D eigenvalue weighted by molar-refractivity contribution is 0.103. The van der Waals surface area contributed by atoms with E-state index in [-0.39, 0.29) is 5.78 Å². The van der Waals surface area contributed by atoms with Crippen molar-refractivity contribution in [3.8, 4) is 0 Å². The number of aromatic amines is 1. The Morgan fingerprint density at radius 2 is 1.22 bits per heavy atom. The Kier molecular flexibility index (Phi) is 4.60. The van der Waals surface area contributed by atoms with Gasteiger partial charge in [0.1, 0.15) is 0 Å². The number of hydrogen-bond donors (Lipinski definition) is 1. The summed E-state index contributed by atoms with van der Waals surface area (Å²) in [6.45, 7) is 0. The van der Waals surface area contributed by atoms with Crippen LogP contribution < -0.4 is 0 Å². The Labute approximate surface area is 134 Å². The van der Waals surface area contributed by atoms with E-state index >= 15 is 0 Å². The highest BCUT2D eigenvalue weighted by Gasteiger charge is 2.06. The molecule has 1 N–H and O–H groups in total. The Bertz CT molecular complexity index is 811. The number of benzene rings is 3. The summed E-state index contributed by atoms with van der Waals surface area (Å²) < 4.78 is 0. The van der Waals surface area contributed by atoms with Gasteiger partial charge in [0, 0.05) is 11.1 Å². The summed E-state index contributed by atoms with van der Waals surface area (Å²) in [5.41, 5.74) is 3.59. The SMILES string of the molecule is O=C(c1ccccc1)c1ccccc1.c1ccc2[nH]cnc2c1. The van der Waals surface area contributed by atoms with Crippen molar-refractivity contribution in [1.82, 2.24) is 9.97 Å². The maximum absolute atomic E-state index is 11.8. The number of nitrogens with zero attached hydrogens (tertiary/aromatic N) is 1. The molecule has 0 bridgehead atoms. The standard InChI is InChI=1S/C13H10O.C7H6N2/c14-13(11-7-3-1-4-8-11)12-9-5-2-6-10-12;1-2-4-7-6(3-1)8-5-9-7/h1-10H;1-5H,(H,8,9). The fourth-order valence-electron chi connectivity index (χ4n) is 2.23. The lowest BCUT2D eigenvalue weighted by atomic mass is 10.0. The molecule has 0 aliphatic heterocycles. The molecule has 0 saturated carbocycles. The molecule has 0 unspecified atom stereocenters. The number of fused-ring (bicyclic) bond motifs is 1. The predicted octanol–water partition coefficient (Wildman–Crippen LogP) is 4.48. The molecule has 3 heteroatoms. The molecule has 0 amide bonds. The molecule has 0 radical (unpaired) electrons. The van der Waals surface area contributed by atoms with Crippen LogP contribution in [0.15, 0.2) is 91.3 Å². The fraction of sp³-hybridized carbons (Fsp3) is 0. The van der Waals surface area contributed by atoms with Crippen LogP contribution in [0.5, 0.6) is 0 Å². The Morgan fingerprint density at radius 3 is 1.78 bits per heavy atom. The summed E-state index contributed by atoms with van der Waals surface area (Å²) >= 11 is 0. The van der Waals surface area contributed by atoms with Crippen molar-refractivity contribution in [1.29, 1.82) is 0 Å². The van der Waals surface area contributed by atoms with Gasteiger partial charge in [0.15, 0.2) is 5.78 Å². The third kappa shape index (κ3) is 3.71. The first kappa shape index (κ1) is 14.7. The van der Waals surface area contributed by atoms with Crippen molar-refractivity contribution in [2.45, 2.75) is 0 Å². The second kappa shape index (κ2) is 7.18. The zero-order valence-corrected chi connectivity index (χ0v) is 12.5. The molecule has 0 saturated heterocycles. The van der Waals surface area contributed by atoms with Crippen molar-refractivity contribution >= 4 is 16.8 Å². The maximum Gasteiger partial charge on any atom is 0.193 e. The Morgan fingerprint density at radius 1 is 0.696 bits per heavy atom. The van der Waals surface area contributed by atoms with E-state index in [1.807, 2.05) is 84.9 Å². The molecular formula is C20H16N2O. The molecule has 0 fully saturated rings. The number of imidazole rings is 1. The molecule has 0 aliphatic carbocycles. The topological polar surface area (TPSA) is 45.8 Å². The van der Waals surface area contributed by atoms with Gasteiger partial charge >= 0.3 is 0 Å². The smallest absolute Gasteiger partial charge is 0.193 e. The molecule has 112 valence electrons. The number of nitrogens with one attached hydrogen (secondary N) is 1. The van der Waals surface area contributed by atoms with Crippen molar-refractivity contribution in [2.75, 3.05) is 0 Å². The number of para-hydroxylation sites is 2. The minimum absolute atomic E-state index is 0.0752. The van der Waals surface area contributed by atoms with E-state index < -0.39 is 0 Å². The number of H-pyrrole nitrogens is 1. The number of ketones is 1. The van der Waals surface area contributed by atoms with Crippen LogP contribution in [0.2, 0.25) is 0 Å². The second-order valence-corrected chi connectivity index (χ2v) is 4.98. The molecule has 1 heterocycles. The third-order valence-electron chi connectivity index (χ3n) is 3.40. The molecular weight excluding hydrogens is 284 g/mol. The molecule has 0 spiro atoms. The van der Waals surface area contributed by atoms with Crippen LogP contribution in [0.3, 0.4) is 0 Å². The van der Waals surface area contributed by atoms with Gasteiger partial charge in [-0.3, -0.25) is 4.79 Å².